The SMILES string of the molecule is COc1ccc(NC(=O)C2(C)CCc3cnc(Nc4ccccc4)nc32)cn1. The number of rotatable bonds is 5. The highest BCUT2D eigenvalue weighted by Gasteiger charge is 2.43. The van der Waals surface area contributed by atoms with Gasteiger partial charge >= 0.3 is 0 Å². The van der Waals surface area contributed by atoms with Gasteiger partial charge in [-0.05, 0) is 43.5 Å². The zero-order valence-corrected chi connectivity index (χ0v) is 15.8. The summed E-state index contributed by atoms with van der Waals surface area (Å²) in [4.78, 5) is 26.3. The molecule has 0 bridgehead atoms. The molecule has 2 heterocycles. The lowest BCUT2D eigenvalue weighted by molar-refractivity contribution is -0.121. The highest BCUT2D eigenvalue weighted by atomic mass is 16.5. The normalized spacial score (nSPS) is 17.6. The van der Waals surface area contributed by atoms with Gasteiger partial charge in [-0.15, -0.1) is 0 Å². The van der Waals surface area contributed by atoms with Crippen LogP contribution in [0.1, 0.15) is 24.6 Å². The van der Waals surface area contributed by atoms with Crippen LogP contribution in [0.2, 0.25) is 0 Å². The number of hydrogen-bond donors (Lipinski definition) is 2. The molecule has 2 N–H and O–H groups in total. The Morgan fingerprint density at radius 2 is 1.89 bits per heavy atom. The molecule has 1 unspecified atom stereocenters. The Kier molecular flexibility index (Phi) is 4.65. The monoisotopic (exact) mass is 375 g/mol. The van der Waals surface area contributed by atoms with Gasteiger partial charge in [-0.1, -0.05) is 18.2 Å². The summed E-state index contributed by atoms with van der Waals surface area (Å²) in [5.41, 5.74) is 2.56. The van der Waals surface area contributed by atoms with Crippen molar-refractivity contribution in [3.63, 3.8) is 0 Å². The lowest BCUT2D eigenvalue weighted by atomic mass is 9.86. The first-order valence-electron chi connectivity index (χ1n) is 9.08. The van der Waals surface area contributed by atoms with Crippen molar-refractivity contribution in [1.82, 2.24) is 15.0 Å². The third-order valence-electron chi connectivity index (χ3n) is 5.02. The second-order valence-electron chi connectivity index (χ2n) is 6.93. The smallest absolute Gasteiger partial charge is 0.236 e. The second-order valence-corrected chi connectivity index (χ2v) is 6.93. The van der Waals surface area contributed by atoms with Gasteiger partial charge in [0.2, 0.25) is 17.7 Å². The Labute approximate surface area is 163 Å². The number of methoxy groups -OCH3 is 1. The molecule has 3 aromatic rings. The van der Waals surface area contributed by atoms with E-state index in [9.17, 15) is 4.79 Å². The number of aromatic nitrogens is 3. The summed E-state index contributed by atoms with van der Waals surface area (Å²) in [6, 6.07) is 13.2. The first-order valence-corrected chi connectivity index (χ1v) is 9.08. The lowest BCUT2D eigenvalue weighted by Crippen LogP contribution is -2.36. The third kappa shape index (κ3) is 3.38. The minimum absolute atomic E-state index is 0.109. The second kappa shape index (κ2) is 7.26. The van der Waals surface area contributed by atoms with Gasteiger partial charge in [0.15, 0.2) is 0 Å². The van der Waals surface area contributed by atoms with Crippen LogP contribution in [0.4, 0.5) is 17.3 Å². The van der Waals surface area contributed by atoms with E-state index in [0.29, 0.717) is 23.9 Å². The summed E-state index contributed by atoms with van der Waals surface area (Å²) in [7, 11) is 1.55. The summed E-state index contributed by atoms with van der Waals surface area (Å²) in [5.74, 6) is 0.874. The Balaban J connectivity index is 1.57. The van der Waals surface area contributed by atoms with Crippen LogP contribution in [0.5, 0.6) is 5.88 Å². The van der Waals surface area contributed by atoms with Gasteiger partial charge in [-0.2, -0.15) is 0 Å². The first kappa shape index (κ1) is 17.9. The maximum atomic E-state index is 13.1. The van der Waals surface area contributed by atoms with Crippen molar-refractivity contribution in [2.75, 3.05) is 17.7 Å². The summed E-state index contributed by atoms with van der Waals surface area (Å²) in [5, 5.41) is 6.14. The Morgan fingerprint density at radius 1 is 1.07 bits per heavy atom. The Bertz CT molecular complexity index is 991. The summed E-state index contributed by atoms with van der Waals surface area (Å²) < 4.78 is 5.05. The van der Waals surface area contributed by atoms with E-state index in [1.54, 1.807) is 31.6 Å². The number of ether oxygens (including phenoxy) is 1. The predicted molar refractivity (Wildman–Crippen MR) is 107 cm³/mol. The van der Waals surface area contributed by atoms with Crippen molar-refractivity contribution in [3.8, 4) is 5.88 Å². The highest BCUT2D eigenvalue weighted by Crippen LogP contribution is 2.38. The predicted octanol–water partition coefficient (Wildman–Crippen LogP) is 3.47. The van der Waals surface area contributed by atoms with Crippen LogP contribution < -0.4 is 15.4 Å². The van der Waals surface area contributed by atoms with E-state index in [1.165, 1.54) is 0 Å². The molecular formula is C21H21N5O2. The fraction of sp³-hybridized carbons (Fsp3) is 0.238. The summed E-state index contributed by atoms with van der Waals surface area (Å²) in [6.45, 7) is 1.92. The number of fused-ring (bicyclic) bond motifs is 1. The molecule has 7 heteroatoms. The first-order chi connectivity index (χ1) is 13.6. The minimum Gasteiger partial charge on any atom is -0.481 e. The molecule has 28 heavy (non-hydrogen) atoms. The average molecular weight is 375 g/mol. The van der Waals surface area contributed by atoms with Gasteiger partial charge < -0.3 is 15.4 Å². The van der Waals surface area contributed by atoms with Gasteiger partial charge in [0.25, 0.3) is 0 Å². The summed E-state index contributed by atoms with van der Waals surface area (Å²) >= 11 is 0. The molecule has 142 valence electrons. The molecule has 0 saturated carbocycles. The quantitative estimate of drug-likeness (QED) is 0.710. The van der Waals surface area contributed by atoms with Crippen molar-refractivity contribution in [1.29, 1.82) is 0 Å². The van der Waals surface area contributed by atoms with E-state index < -0.39 is 5.41 Å². The Hall–Kier alpha value is -3.48. The van der Waals surface area contributed by atoms with E-state index in [2.05, 4.69) is 25.6 Å². The molecule has 7 nitrogen and oxygen atoms in total. The van der Waals surface area contributed by atoms with Crippen LogP contribution in [-0.2, 0) is 16.6 Å². The molecule has 0 spiro atoms. The van der Waals surface area contributed by atoms with Crippen LogP contribution >= 0.6 is 0 Å². The van der Waals surface area contributed by atoms with Crippen LogP contribution in [0.3, 0.4) is 0 Å². The maximum absolute atomic E-state index is 13.1. The average Bonchev–Trinajstić information content (AvgIpc) is 3.07. The van der Waals surface area contributed by atoms with Crippen LogP contribution in [0.15, 0.2) is 54.9 Å². The van der Waals surface area contributed by atoms with Crippen LogP contribution in [0.25, 0.3) is 0 Å². The van der Waals surface area contributed by atoms with Gasteiger partial charge in [-0.3, -0.25) is 4.79 Å². The number of para-hydroxylation sites is 1. The maximum Gasteiger partial charge on any atom is 0.236 e. The minimum atomic E-state index is -0.731. The van der Waals surface area contributed by atoms with E-state index in [1.807, 2.05) is 37.3 Å². The number of carbonyl (C=O) groups is 1. The number of nitrogens with one attached hydrogen (secondary N) is 2. The number of pyridine rings is 1. The number of benzene rings is 1. The molecule has 1 aliphatic carbocycles. The fourth-order valence-electron chi connectivity index (χ4n) is 3.35. The van der Waals surface area contributed by atoms with Crippen molar-refractivity contribution < 1.29 is 9.53 Å². The largest absolute Gasteiger partial charge is 0.481 e. The van der Waals surface area contributed by atoms with Gasteiger partial charge in [0, 0.05) is 18.0 Å². The standard InChI is InChI=1S/C21H21N5O2/c1-21(19(27)24-16-8-9-17(28-2)22-13-16)11-10-14-12-23-20(26-18(14)21)25-15-6-4-3-5-7-15/h3-9,12-13H,10-11H2,1-2H3,(H,24,27)(H,23,25,26). The van der Waals surface area contributed by atoms with Gasteiger partial charge in [-0.25, -0.2) is 15.0 Å². The zero-order valence-electron chi connectivity index (χ0n) is 15.8. The number of nitrogens with zero attached hydrogens (tertiary/aromatic N) is 3. The summed E-state index contributed by atoms with van der Waals surface area (Å²) in [6.07, 6.45) is 4.84. The molecule has 0 fully saturated rings. The topological polar surface area (TPSA) is 89.0 Å². The van der Waals surface area contributed by atoms with Gasteiger partial charge in [0.1, 0.15) is 0 Å². The van der Waals surface area contributed by atoms with E-state index in [-0.39, 0.29) is 5.91 Å². The molecule has 0 radical (unpaired) electrons. The fourth-order valence-corrected chi connectivity index (χ4v) is 3.35. The van der Waals surface area contributed by atoms with E-state index in [0.717, 1.165) is 23.4 Å². The van der Waals surface area contributed by atoms with Crippen LogP contribution in [0, 0.1) is 0 Å². The van der Waals surface area contributed by atoms with Crippen LogP contribution in [-0.4, -0.2) is 28.0 Å². The number of carbonyl (C=O) groups excluding carboxylic acids is 1. The lowest BCUT2D eigenvalue weighted by Gasteiger charge is -2.23. The van der Waals surface area contributed by atoms with E-state index >= 15 is 0 Å². The molecule has 0 aliphatic heterocycles. The molecule has 4 rings (SSSR count). The number of amides is 1. The number of aryl methyl sites for hydroxylation is 1. The van der Waals surface area contributed by atoms with Gasteiger partial charge in [0.05, 0.1) is 30.1 Å². The van der Waals surface area contributed by atoms with Crippen molar-refractivity contribution in [2.45, 2.75) is 25.2 Å². The molecular weight excluding hydrogens is 354 g/mol. The number of anilines is 3. The number of hydrogen-bond acceptors (Lipinski definition) is 6. The highest BCUT2D eigenvalue weighted by molar-refractivity contribution is 5.99. The molecule has 0 saturated heterocycles. The van der Waals surface area contributed by atoms with Crippen molar-refractivity contribution >= 4 is 23.2 Å². The molecule has 1 atom stereocenters. The zero-order chi connectivity index (χ0) is 19.6. The molecule has 1 aliphatic rings. The molecule has 1 aromatic carbocycles. The van der Waals surface area contributed by atoms with Crippen molar-refractivity contribution in [2.24, 2.45) is 0 Å². The van der Waals surface area contributed by atoms with Crippen molar-refractivity contribution in [3.05, 3.63) is 66.1 Å². The van der Waals surface area contributed by atoms with E-state index in [4.69, 9.17) is 4.74 Å². The Morgan fingerprint density at radius 3 is 2.61 bits per heavy atom. The third-order valence-corrected chi connectivity index (χ3v) is 5.02. The molecule has 2 aromatic heterocycles. The molecule has 1 amide bonds.